The Bertz CT molecular complexity index is 355. The molecule has 1 unspecified atom stereocenters. The number of hydrogen-bond acceptors (Lipinski definition) is 3. The molecule has 0 aromatic heterocycles. The predicted molar refractivity (Wildman–Crippen MR) is 78.0 cm³/mol. The topological polar surface area (TPSA) is 29.5 Å². The molecule has 0 saturated carbocycles. The van der Waals surface area contributed by atoms with Gasteiger partial charge in [-0.15, -0.1) is 0 Å². The normalized spacial score (nSPS) is 12.8. The van der Waals surface area contributed by atoms with Gasteiger partial charge in [-0.2, -0.15) is 11.8 Å². The first-order chi connectivity index (χ1) is 8.02. The molecule has 1 N–H and O–H groups in total. The second kappa shape index (κ2) is 7.29. The number of aliphatic hydroxyl groups is 1. The van der Waals surface area contributed by atoms with Gasteiger partial charge in [-0.25, -0.2) is 0 Å². The van der Waals surface area contributed by atoms with Crippen LogP contribution in [0.1, 0.15) is 19.4 Å². The van der Waals surface area contributed by atoms with E-state index in [0.717, 1.165) is 21.5 Å². The van der Waals surface area contributed by atoms with Crippen LogP contribution in [0.3, 0.4) is 0 Å². The summed E-state index contributed by atoms with van der Waals surface area (Å²) >= 11 is 5.23. The van der Waals surface area contributed by atoms with Gasteiger partial charge in [-0.05, 0) is 45.3 Å². The molecule has 1 aromatic rings. The van der Waals surface area contributed by atoms with E-state index in [1.54, 1.807) is 18.9 Å². The molecular formula is C13H19BrO2S. The third-order valence-corrected chi connectivity index (χ3v) is 4.17. The zero-order valence-electron chi connectivity index (χ0n) is 10.4. The molecule has 0 aliphatic heterocycles. The Morgan fingerprint density at radius 1 is 1.41 bits per heavy atom. The van der Waals surface area contributed by atoms with Crippen molar-refractivity contribution in [3.63, 3.8) is 0 Å². The van der Waals surface area contributed by atoms with Crippen LogP contribution in [0, 0.1) is 0 Å². The summed E-state index contributed by atoms with van der Waals surface area (Å²) < 4.78 is 6.10. The molecular weight excluding hydrogens is 300 g/mol. The van der Waals surface area contributed by atoms with Gasteiger partial charge >= 0.3 is 0 Å². The SMILES string of the molecule is COc1ccc(CC(O)CSC(C)C)cc1Br. The van der Waals surface area contributed by atoms with Gasteiger partial charge in [0.15, 0.2) is 0 Å². The fourth-order valence-electron chi connectivity index (χ4n) is 1.47. The molecule has 17 heavy (non-hydrogen) atoms. The first kappa shape index (κ1) is 14.9. The third-order valence-electron chi connectivity index (χ3n) is 2.31. The van der Waals surface area contributed by atoms with Crippen LogP contribution in [-0.4, -0.2) is 29.3 Å². The Kier molecular flexibility index (Phi) is 6.38. The van der Waals surface area contributed by atoms with E-state index in [1.165, 1.54) is 0 Å². The molecule has 0 fully saturated rings. The van der Waals surface area contributed by atoms with Crippen molar-refractivity contribution in [2.75, 3.05) is 12.9 Å². The van der Waals surface area contributed by atoms with E-state index < -0.39 is 0 Å². The summed E-state index contributed by atoms with van der Waals surface area (Å²) in [5, 5.41) is 10.5. The van der Waals surface area contributed by atoms with Crippen molar-refractivity contribution in [1.29, 1.82) is 0 Å². The van der Waals surface area contributed by atoms with E-state index in [9.17, 15) is 5.11 Å². The molecule has 4 heteroatoms. The smallest absolute Gasteiger partial charge is 0.133 e. The van der Waals surface area contributed by atoms with E-state index >= 15 is 0 Å². The lowest BCUT2D eigenvalue weighted by Gasteiger charge is -2.13. The highest BCUT2D eigenvalue weighted by Gasteiger charge is 2.09. The highest BCUT2D eigenvalue weighted by Crippen LogP contribution is 2.26. The van der Waals surface area contributed by atoms with Gasteiger partial charge in [-0.3, -0.25) is 0 Å². The van der Waals surface area contributed by atoms with E-state index in [4.69, 9.17) is 4.74 Å². The third kappa shape index (κ3) is 5.32. The van der Waals surface area contributed by atoms with Crippen LogP contribution in [0.15, 0.2) is 22.7 Å². The summed E-state index contributed by atoms with van der Waals surface area (Å²) in [6, 6.07) is 5.91. The van der Waals surface area contributed by atoms with Crippen LogP contribution in [0.4, 0.5) is 0 Å². The molecule has 0 aliphatic carbocycles. The zero-order valence-corrected chi connectivity index (χ0v) is 12.8. The summed E-state index contributed by atoms with van der Waals surface area (Å²) in [6.45, 7) is 4.28. The van der Waals surface area contributed by atoms with Crippen LogP contribution in [0.2, 0.25) is 0 Å². The minimum absolute atomic E-state index is 0.289. The largest absolute Gasteiger partial charge is 0.496 e. The average molecular weight is 319 g/mol. The van der Waals surface area contributed by atoms with Crippen LogP contribution in [0.25, 0.3) is 0 Å². The number of hydrogen-bond donors (Lipinski definition) is 1. The first-order valence-electron chi connectivity index (χ1n) is 5.65. The van der Waals surface area contributed by atoms with E-state index in [0.29, 0.717) is 11.7 Å². The maximum Gasteiger partial charge on any atom is 0.133 e. The molecule has 1 atom stereocenters. The van der Waals surface area contributed by atoms with Gasteiger partial charge in [0.2, 0.25) is 0 Å². The fourth-order valence-corrected chi connectivity index (χ4v) is 2.78. The standard InChI is InChI=1S/C13H19BrO2S/c1-9(2)17-8-11(15)6-10-4-5-13(16-3)12(14)7-10/h4-5,7,9,11,15H,6,8H2,1-3H3. The van der Waals surface area contributed by atoms with E-state index in [-0.39, 0.29) is 6.10 Å². The van der Waals surface area contributed by atoms with Gasteiger partial charge in [0, 0.05) is 5.75 Å². The molecule has 0 amide bonds. The highest BCUT2D eigenvalue weighted by molar-refractivity contribution is 9.10. The Morgan fingerprint density at radius 3 is 2.65 bits per heavy atom. The molecule has 0 radical (unpaired) electrons. The minimum Gasteiger partial charge on any atom is -0.496 e. The lowest BCUT2D eigenvalue weighted by Crippen LogP contribution is -2.14. The number of halogens is 1. The quantitative estimate of drug-likeness (QED) is 0.870. The second-order valence-corrected chi connectivity index (χ2v) is 6.67. The predicted octanol–water partition coefficient (Wildman–Crippen LogP) is 3.50. The molecule has 0 bridgehead atoms. The first-order valence-corrected chi connectivity index (χ1v) is 7.49. The van der Waals surface area contributed by atoms with Crippen molar-refractivity contribution in [2.45, 2.75) is 31.6 Å². The van der Waals surface area contributed by atoms with Gasteiger partial charge in [-0.1, -0.05) is 19.9 Å². The van der Waals surface area contributed by atoms with Gasteiger partial charge < -0.3 is 9.84 Å². The minimum atomic E-state index is -0.289. The monoisotopic (exact) mass is 318 g/mol. The van der Waals surface area contributed by atoms with Crippen LogP contribution in [0.5, 0.6) is 5.75 Å². The van der Waals surface area contributed by atoms with Crippen LogP contribution in [-0.2, 0) is 6.42 Å². The average Bonchev–Trinajstić information content (AvgIpc) is 2.26. The fraction of sp³-hybridized carbons (Fsp3) is 0.538. The number of thioether (sulfide) groups is 1. The van der Waals surface area contributed by atoms with Crippen LogP contribution >= 0.6 is 27.7 Å². The van der Waals surface area contributed by atoms with Crippen molar-refractivity contribution in [1.82, 2.24) is 0 Å². The van der Waals surface area contributed by atoms with Crippen LogP contribution < -0.4 is 4.74 Å². The molecule has 0 saturated heterocycles. The highest BCUT2D eigenvalue weighted by atomic mass is 79.9. The molecule has 2 nitrogen and oxygen atoms in total. The summed E-state index contributed by atoms with van der Waals surface area (Å²) in [6.07, 6.45) is 0.394. The van der Waals surface area contributed by atoms with Gasteiger partial charge in [0.1, 0.15) is 5.75 Å². The van der Waals surface area contributed by atoms with E-state index in [2.05, 4.69) is 29.8 Å². The zero-order chi connectivity index (χ0) is 12.8. The van der Waals surface area contributed by atoms with Crippen molar-refractivity contribution < 1.29 is 9.84 Å². The maximum absolute atomic E-state index is 9.90. The van der Waals surface area contributed by atoms with Crippen molar-refractivity contribution in [3.05, 3.63) is 28.2 Å². The van der Waals surface area contributed by atoms with E-state index in [1.807, 2.05) is 18.2 Å². The maximum atomic E-state index is 9.90. The molecule has 96 valence electrons. The molecule has 1 rings (SSSR count). The van der Waals surface area contributed by atoms with Gasteiger partial charge in [0.05, 0.1) is 17.7 Å². The second-order valence-electron chi connectivity index (χ2n) is 4.21. The van der Waals surface area contributed by atoms with Crippen molar-refractivity contribution in [3.8, 4) is 5.75 Å². The summed E-state index contributed by atoms with van der Waals surface area (Å²) in [5.41, 5.74) is 1.12. The summed E-state index contributed by atoms with van der Waals surface area (Å²) in [7, 11) is 1.65. The number of benzene rings is 1. The number of aliphatic hydroxyl groups excluding tert-OH is 1. The molecule has 0 spiro atoms. The Labute approximate surface area is 116 Å². The van der Waals surface area contributed by atoms with Crippen molar-refractivity contribution in [2.24, 2.45) is 0 Å². The molecule has 1 aromatic carbocycles. The van der Waals surface area contributed by atoms with Gasteiger partial charge in [0.25, 0.3) is 0 Å². The number of ether oxygens (including phenoxy) is 1. The Hall–Kier alpha value is -0.190. The Morgan fingerprint density at radius 2 is 2.12 bits per heavy atom. The lowest BCUT2D eigenvalue weighted by molar-refractivity contribution is 0.200. The molecule has 0 heterocycles. The molecule has 0 aliphatic rings. The number of methoxy groups -OCH3 is 1. The van der Waals surface area contributed by atoms with Crippen molar-refractivity contribution >= 4 is 27.7 Å². The summed E-state index contributed by atoms with van der Waals surface area (Å²) in [5.74, 6) is 1.60. The summed E-state index contributed by atoms with van der Waals surface area (Å²) in [4.78, 5) is 0. The Balaban J connectivity index is 2.53. The number of rotatable bonds is 6. The lowest BCUT2D eigenvalue weighted by atomic mass is 10.1.